The van der Waals surface area contributed by atoms with Crippen molar-refractivity contribution in [1.82, 2.24) is 0 Å². The van der Waals surface area contributed by atoms with Crippen molar-refractivity contribution < 1.29 is 4.74 Å². The molecule has 0 spiro atoms. The molecule has 98 valence electrons. The Kier molecular flexibility index (Phi) is 3.03. The van der Waals surface area contributed by atoms with Gasteiger partial charge in [-0.1, -0.05) is 36.4 Å². The number of fused-ring (bicyclic) bond motifs is 1. The van der Waals surface area contributed by atoms with Gasteiger partial charge in [0.15, 0.2) is 0 Å². The van der Waals surface area contributed by atoms with Crippen LogP contribution in [0.3, 0.4) is 0 Å². The van der Waals surface area contributed by atoms with Crippen molar-refractivity contribution in [2.24, 2.45) is 5.73 Å². The molecule has 2 N–H and O–H groups in total. The minimum atomic E-state index is 0.0500. The van der Waals surface area contributed by atoms with Gasteiger partial charge in [-0.25, -0.2) is 0 Å². The van der Waals surface area contributed by atoms with Crippen molar-refractivity contribution in [2.45, 2.75) is 32.4 Å². The summed E-state index contributed by atoms with van der Waals surface area (Å²) in [7, 11) is 0. The molecule has 1 heterocycles. The summed E-state index contributed by atoms with van der Waals surface area (Å²) >= 11 is 0. The first-order chi connectivity index (χ1) is 9.16. The lowest BCUT2D eigenvalue weighted by Gasteiger charge is -2.32. The molecule has 1 aliphatic rings. The summed E-state index contributed by atoms with van der Waals surface area (Å²) < 4.78 is 6.17. The zero-order chi connectivity index (χ0) is 13.4. The fourth-order valence-corrected chi connectivity index (χ4v) is 2.97. The lowest BCUT2D eigenvalue weighted by atomic mass is 9.89. The molecule has 2 heteroatoms. The summed E-state index contributed by atoms with van der Waals surface area (Å²) in [5.41, 5.74) is 11.2. The van der Waals surface area contributed by atoms with Crippen LogP contribution >= 0.6 is 0 Å². The van der Waals surface area contributed by atoms with E-state index in [1.165, 1.54) is 16.7 Å². The monoisotopic (exact) mass is 253 g/mol. The molecule has 19 heavy (non-hydrogen) atoms. The van der Waals surface area contributed by atoms with E-state index in [-0.39, 0.29) is 12.1 Å². The molecule has 1 aliphatic heterocycles. The molecule has 0 aromatic heterocycles. The molecule has 0 amide bonds. The number of rotatable bonds is 1. The fraction of sp³-hybridized carbons (Fsp3) is 0.294. The van der Waals surface area contributed by atoms with Gasteiger partial charge in [0, 0.05) is 18.0 Å². The molecule has 0 fully saturated rings. The van der Waals surface area contributed by atoms with E-state index in [9.17, 15) is 0 Å². The van der Waals surface area contributed by atoms with E-state index in [0.29, 0.717) is 0 Å². The van der Waals surface area contributed by atoms with Crippen molar-refractivity contribution in [3.05, 3.63) is 64.7 Å². The number of ether oxygens (including phenoxy) is 1. The average Bonchev–Trinajstić information content (AvgIpc) is 2.38. The van der Waals surface area contributed by atoms with Crippen LogP contribution < -0.4 is 10.5 Å². The molecule has 0 saturated carbocycles. The predicted octanol–water partition coefficient (Wildman–Crippen LogP) is 3.83. The molecule has 2 aromatic rings. The third-order valence-electron chi connectivity index (χ3n) is 3.92. The van der Waals surface area contributed by atoms with E-state index in [4.69, 9.17) is 10.5 Å². The Morgan fingerprint density at radius 1 is 1.00 bits per heavy atom. The highest BCUT2D eigenvalue weighted by Gasteiger charge is 2.28. The zero-order valence-corrected chi connectivity index (χ0v) is 11.4. The van der Waals surface area contributed by atoms with Crippen molar-refractivity contribution in [3.8, 4) is 5.75 Å². The highest BCUT2D eigenvalue weighted by molar-refractivity contribution is 5.42. The van der Waals surface area contributed by atoms with Crippen LogP contribution in [0.5, 0.6) is 5.75 Å². The normalized spacial score (nSPS) is 21.6. The second-order valence-corrected chi connectivity index (χ2v) is 5.29. The number of hydrogen-bond donors (Lipinski definition) is 1. The third-order valence-corrected chi connectivity index (χ3v) is 3.92. The molecule has 0 radical (unpaired) electrons. The van der Waals surface area contributed by atoms with Crippen LogP contribution in [0, 0.1) is 13.8 Å². The number of para-hydroxylation sites is 1. The molecule has 0 bridgehead atoms. The van der Waals surface area contributed by atoms with Crippen LogP contribution in [0.2, 0.25) is 0 Å². The highest BCUT2D eigenvalue weighted by atomic mass is 16.5. The summed E-state index contributed by atoms with van der Waals surface area (Å²) in [5, 5.41) is 0. The lowest BCUT2D eigenvalue weighted by molar-refractivity contribution is 0.160. The van der Waals surface area contributed by atoms with Crippen LogP contribution in [-0.2, 0) is 0 Å². The first-order valence-electron chi connectivity index (χ1n) is 6.74. The second-order valence-electron chi connectivity index (χ2n) is 5.29. The fourth-order valence-electron chi connectivity index (χ4n) is 2.97. The van der Waals surface area contributed by atoms with E-state index in [1.807, 2.05) is 18.2 Å². The maximum Gasteiger partial charge on any atom is 0.126 e. The van der Waals surface area contributed by atoms with Gasteiger partial charge >= 0.3 is 0 Å². The maximum absolute atomic E-state index is 6.29. The van der Waals surface area contributed by atoms with Crippen molar-refractivity contribution in [1.29, 1.82) is 0 Å². The van der Waals surface area contributed by atoms with Gasteiger partial charge in [0.1, 0.15) is 11.9 Å². The van der Waals surface area contributed by atoms with Gasteiger partial charge < -0.3 is 10.5 Å². The minimum Gasteiger partial charge on any atom is -0.485 e. The van der Waals surface area contributed by atoms with Crippen molar-refractivity contribution in [3.63, 3.8) is 0 Å². The highest BCUT2D eigenvalue weighted by Crippen LogP contribution is 2.40. The van der Waals surface area contributed by atoms with E-state index in [1.54, 1.807) is 0 Å². The van der Waals surface area contributed by atoms with Crippen molar-refractivity contribution >= 4 is 0 Å². The summed E-state index contributed by atoms with van der Waals surface area (Å²) in [6.45, 7) is 4.27. The first kappa shape index (κ1) is 12.2. The van der Waals surface area contributed by atoms with Crippen molar-refractivity contribution in [2.75, 3.05) is 0 Å². The molecule has 2 nitrogen and oxygen atoms in total. The van der Waals surface area contributed by atoms with Crippen LogP contribution in [0.1, 0.15) is 40.8 Å². The van der Waals surface area contributed by atoms with Gasteiger partial charge in [0.2, 0.25) is 0 Å². The Morgan fingerprint density at radius 2 is 1.68 bits per heavy atom. The van der Waals surface area contributed by atoms with Gasteiger partial charge in [-0.3, -0.25) is 0 Å². The Bertz CT molecular complexity index is 586. The van der Waals surface area contributed by atoms with E-state index in [2.05, 4.69) is 38.1 Å². The second kappa shape index (κ2) is 4.71. The average molecular weight is 253 g/mol. The minimum absolute atomic E-state index is 0.0500. The summed E-state index contributed by atoms with van der Waals surface area (Å²) in [6, 6.07) is 14.5. The number of benzene rings is 2. The first-order valence-corrected chi connectivity index (χ1v) is 6.74. The number of nitrogens with two attached hydrogens (primary N) is 1. The van der Waals surface area contributed by atoms with Crippen LogP contribution in [0.15, 0.2) is 42.5 Å². The zero-order valence-electron chi connectivity index (χ0n) is 11.4. The van der Waals surface area contributed by atoms with Gasteiger partial charge in [-0.2, -0.15) is 0 Å². The lowest BCUT2D eigenvalue weighted by Crippen LogP contribution is -2.25. The molecule has 1 unspecified atom stereocenters. The van der Waals surface area contributed by atoms with Gasteiger partial charge in [-0.05, 0) is 36.6 Å². The standard InChI is InChI=1S/C17H19NO/c1-11-6-5-7-12(2)17(11)16-10-14(18)13-8-3-4-9-15(13)19-16/h3-9,14,16H,10,18H2,1-2H3/t14-,16?/m0/s1. The van der Waals surface area contributed by atoms with Gasteiger partial charge in [-0.15, -0.1) is 0 Å². The number of hydrogen-bond acceptors (Lipinski definition) is 2. The summed E-state index contributed by atoms with van der Waals surface area (Å²) in [4.78, 5) is 0. The van der Waals surface area contributed by atoms with E-state index in [0.717, 1.165) is 17.7 Å². The molecule has 2 aromatic carbocycles. The molecular formula is C17H19NO. The van der Waals surface area contributed by atoms with Crippen LogP contribution in [-0.4, -0.2) is 0 Å². The SMILES string of the molecule is Cc1cccc(C)c1C1C[C@H](N)c2ccccc2O1. The molecular weight excluding hydrogens is 234 g/mol. The topological polar surface area (TPSA) is 35.2 Å². The Balaban J connectivity index is 2.02. The van der Waals surface area contributed by atoms with E-state index >= 15 is 0 Å². The third kappa shape index (κ3) is 2.13. The van der Waals surface area contributed by atoms with Crippen LogP contribution in [0.25, 0.3) is 0 Å². The van der Waals surface area contributed by atoms with Crippen LogP contribution in [0.4, 0.5) is 0 Å². The Morgan fingerprint density at radius 3 is 2.42 bits per heavy atom. The molecule has 3 rings (SSSR count). The summed E-state index contributed by atoms with van der Waals surface area (Å²) in [6.07, 6.45) is 0.897. The smallest absolute Gasteiger partial charge is 0.126 e. The molecule has 0 aliphatic carbocycles. The van der Waals surface area contributed by atoms with E-state index < -0.39 is 0 Å². The van der Waals surface area contributed by atoms with Gasteiger partial charge in [0.25, 0.3) is 0 Å². The molecule has 0 saturated heterocycles. The largest absolute Gasteiger partial charge is 0.485 e. The maximum atomic E-state index is 6.29. The Labute approximate surface area is 114 Å². The summed E-state index contributed by atoms with van der Waals surface area (Å²) in [5.74, 6) is 0.925. The number of aryl methyl sites for hydroxylation is 2. The Hall–Kier alpha value is -1.80. The predicted molar refractivity (Wildman–Crippen MR) is 77.3 cm³/mol. The van der Waals surface area contributed by atoms with Gasteiger partial charge in [0.05, 0.1) is 0 Å². The quantitative estimate of drug-likeness (QED) is 0.838. The molecule has 2 atom stereocenters.